The average molecular weight is 304 g/mol. The van der Waals surface area contributed by atoms with Gasteiger partial charge in [0.05, 0.1) is 6.10 Å². The summed E-state index contributed by atoms with van der Waals surface area (Å²) in [4.78, 5) is 0. The monoisotopic (exact) mass is 304 g/mol. The van der Waals surface area contributed by atoms with Crippen LogP contribution < -0.4 is 15.4 Å². The van der Waals surface area contributed by atoms with Gasteiger partial charge in [-0.25, -0.2) is 0 Å². The Balaban J connectivity index is 1.45. The molecule has 2 heterocycles. The van der Waals surface area contributed by atoms with Crippen molar-refractivity contribution in [2.24, 2.45) is 0 Å². The lowest BCUT2D eigenvalue weighted by Gasteiger charge is -2.29. The van der Waals surface area contributed by atoms with Crippen molar-refractivity contribution in [2.75, 3.05) is 25.1 Å². The number of anilines is 1. The molecule has 2 saturated heterocycles. The van der Waals surface area contributed by atoms with Gasteiger partial charge < -0.3 is 20.1 Å². The van der Waals surface area contributed by atoms with E-state index in [-0.39, 0.29) is 6.10 Å². The summed E-state index contributed by atoms with van der Waals surface area (Å²) in [6, 6.07) is 9.46. The highest BCUT2D eigenvalue weighted by Gasteiger charge is 2.18. The Labute approximate surface area is 133 Å². The Kier molecular flexibility index (Phi) is 5.57. The van der Waals surface area contributed by atoms with Gasteiger partial charge >= 0.3 is 0 Å². The predicted octanol–water partition coefficient (Wildman–Crippen LogP) is 3.19. The molecule has 4 nitrogen and oxygen atoms in total. The van der Waals surface area contributed by atoms with Crippen molar-refractivity contribution in [2.45, 2.75) is 57.2 Å². The van der Waals surface area contributed by atoms with Gasteiger partial charge in [-0.1, -0.05) is 12.5 Å². The molecule has 0 bridgehead atoms. The summed E-state index contributed by atoms with van der Waals surface area (Å²) in [5.41, 5.74) is 1.13. The number of hydrogen-bond donors (Lipinski definition) is 2. The molecule has 0 aliphatic carbocycles. The molecule has 3 atom stereocenters. The summed E-state index contributed by atoms with van der Waals surface area (Å²) in [6.45, 7) is 4.78. The van der Waals surface area contributed by atoms with E-state index in [1.807, 2.05) is 12.1 Å². The summed E-state index contributed by atoms with van der Waals surface area (Å²) in [6.07, 6.45) is 6.41. The zero-order chi connectivity index (χ0) is 15.2. The second kappa shape index (κ2) is 7.84. The summed E-state index contributed by atoms with van der Waals surface area (Å²) >= 11 is 0. The molecule has 0 saturated carbocycles. The highest BCUT2D eigenvalue weighted by molar-refractivity contribution is 5.48. The molecule has 2 fully saturated rings. The molecular formula is C18H28N2O2. The van der Waals surface area contributed by atoms with Crippen molar-refractivity contribution in [3.05, 3.63) is 24.3 Å². The van der Waals surface area contributed by atoms with Gasteiger partial charge in [0, 0.05) is 37.0 Å². The molecule has 1 aromatic rings. The van der Waals surface area contributed by atoms with Crippen molar-refractivity contribution >= 4 is 5.69 Å². The number of benzene rings is 1. The van der Waals surface area contributed by atoms with E-state index in [0.717, 1.165) is 37.4 Å². The summed E-state index contributed by atoms with van der Waals surface area (Å²) in [7, 11) is 0. The Morgan fingerprint density at radius 1 is 1.27 bits per heavy atom. The lowest BCUT2D eigenvalue weighted by molar-refractivity contribution is 0.0680. The first-order valence-corrected chi connectivity index (χ1v) is 8.64. The maximum absolute atomic E-state index is 5.86. The molecule has 2 N–H and O–H groups in total. The fourth-order valence-corrected chi connectivity index (χ4v) is 3.30. The molecular weight excluding hydrogens is 276 g/mol. The first-order valence-electron chi connectivity index (χ1n) is 8.64. The number of piperidine rings is 1. The summed E-state index contributed by atoms with van der Waals surface area (Å²) in [5, 5.41) is 7.18. The van der Waals surface area contributed by atoms with E-state index in [1.165, 1.54) is 19.3 Å². The van der Waals surface area contributed by atoms with Gasteiger partial charge in [0.25, 0.3) is 0 Å². The molecule has 0 radical (unpaired) electrons. The average Bonchev–Trinajstić information content (AvgIpc) is 3.05. The topological polar surface area (TPSA) is 42.5 Å². The van der Waals surface area contributed by atoms with Crippen LogP contribution in [-0.2, 0) is 4.74 Å². The van der Waals surface area contributed by atoms with Crippen LogP contribution in [0, 0.1) is 0 Å². The minimum atomic E-state index is 0.268. The number of nitrogens with one attached hydrogen (secondary N) is 2. The Hall–Kier alpha value is -1.26. The van der Waals surface area contributed by atoms with Crippen LogP contribution in [0.4, 0.5) is 5.69 Å². The van der Waals surface area contributed by atoms with Gasteiger partial charge in [0.2, 0.25) is 0 Å². The molecule has 1 aromatic carbocycles. The van der Waals surface area contributed by atoms with Crippen LogP contribution in [-0.4, -0.2) is 37.9 Å². The maximum Gasteiger partial charge on any atom is 0.121 e. The molecule has 3 rings (SSSR count). The molecule has 3 unspecified atom stereocenters. The minimum Gasteiger partial charge on any atom is -0.491 e. The molecule has 4 heteroatoms. The molecule has 22 heavy (non-hydrogen) atoms. The third-order valence-electron chi connectivity index (χ3n) is 4.56. The van der Waals surface area contributed by atoms with Crippen LogP contribution in [0.1, 0.15) is 39.0 Å². The molecule has 2 aliphatic heterocycles. The number of rotatable bonds is 6. The molecule has 0 aromatic heterocycles. The van der Waals surface area contributed by atoms with E-state index in [0.29, 0.717) is 18.7 Å². The molecule has 0 spiro atoms. The van der Waals surface area contributed by atoms with Crippen LogP contribution in [0.5, 0.6) is 5.75 Å². The van der Waals surface area contributed by atoms with E-state index < -0.39 is 0 Å². The second-order valence-corrected chi connectivity index (χ2v) is 6.55. The quantitative estimate of drug-likeness (QED) is 0.847. The van der Waals surface area contributed by atoms with Crippen LogP contribution in [0.25, 0.3) is 0 Å². The van der Waals surface area contributed by atoms with E-state index >= 15 is 0 Å². The largest absolute Gasteiger partial charge is 0.491 e. The van der Waals surface area contributed by atoms with Crippen LogP contribution in [0.15, 0.2) is 24.3 Å². The fraction of sp³-hybridized carbons (Fsp3) is 0.667. The van der Waals surface area contributed by atoms with Gasteiger partial charge in [-0.15, -0.1) is 0 Å². The molecule has 2 aliphatic rings. The highest BCUT2D eigenvalue weighted by Crippen LogP contribution is 2.20. The van der Waals surface area contributed by atoms with Gasteiger partial charge in [0.1, 0.15) is 12.4 Å². The van der Waals surface area contributed by atoms with Crippen LogP contribution in [0.3, 0.4) is 0 Å². The first-order chi connectivity index (χ1) is 10.8. The fourth-order valence-electron chi connectivity index (χ4n) is 3.30. The van der Waals surface area contributed by atoms with Crippen LogP contribution >= 0.6 is 0 Å². The van der Waals surface area contributed by atoms with Crippen molar-refractivity contribution in [3.63, 3.8) is 0 Å². The third kappa shape index (κ3) is 4.62. The smallest absolute Gasteiger partial charge is 0.121 e. The Morgan fingerprint density at radius 2 is 2.23 bits per heavy atom. The van der Waals surface area contributed by atoms with Crippen molar-refractivity contribution < 1.29 is 9.47 Å². The van der Waals surface area contributed by atoms with Crippen molar-refractivity contribution in [3.8, 4) is 5.75 Å². The first kappa shape index (κ1) is 15.6. The lowest BCUT2D eigenvalue weighted by Crippen LogP contribution is -2.44. The minimum absolute atomic E-state index is 0.268. The third-order valence-corrected chi connectivity index (χ3v) is 4.56. The molecule has 122 valence electrons. The number of hydrogen-bond acceptors (Lipinski definition) is 4. The number of ether oxygens (including phenoxy) is 2. The zero-order valence-electron chi connectivity index (χ0n) is 13.5. The lowest BCUT2D eigenvalue weighted by atomic mass is 9.99. The molecule has 0 amide bonds. The Bertz CT molecular complexity index is 460. The van der Waals surface area contributed by atoms with Crippen molar-refractivity contribution in [1.82, 2.24) is 5.32 Å². The van der Waals surface area contributed by atoms with E-state index in [1.54, 1.807) is 0 Å². The van der Waals surface area contributed by atoms with E-state index in [2.05, 4.69) is 29.7 Å². The van der Waals surface area contributed by atoms with Crippen molar-refractivity contribution in [1.29, 1.82) is 0 Å². The van der Waals surface area contributed by atoms with Crippen LogP contribution in [0.2, 0.25) is 0 Å². The zero-order valence-corrected chi connectivity index (χ0v) is 13.5. The highest BCUT2D eigenvalue weighted by atomic mass is 16.5. The van der Waals surface area contributed by atoms with E-state index in [9.17, 15) is 0 Å². The standard InChI is InChI=1S/C18H28N2O2/c1-14-5-2-7-16(20-14)12-19-15-6-3-8-17(11-15)22-13-18-9-4-10-21-18/h3,6,8,11,14,16,18-20H,2,4-5,7,9-10,12-13H2,1H3. The SMILES string of the molecule is CC1CCCC(CNc2cccc(OCC3CCCO3)c2)N1. The van der Waals surface area contributed by atoms with Gasteiger partial charge in [-0.05, 0) is 44.7 Å². The summed E-state index contributed by atoms with van der Waals surface area (Å²) in [5.74, 6) is 0.922. The van der Waals surface area contributed by atoms with E-state index in [4.69, 9.17) is 9.47 Å². The normalized spacial score (nSPS) is 28.5. The van der Waals surface area contributed by atoms with Gasteiger partial charge in [0.15, 0.2) is 0 Å². The summed E-state index contributed by atoms with van der Waals surface area (Å²) < 4.78 is 11.5. The second-order valence-electron chi connectivity index (χ2n) is 6.55. The van der Waals surface area contributed by atoms with Gasteiger partial charge in [-0.2, -0.15) is 0 Å². The Morgan fingerprint density at radius 3 is 3.05 bits per heavy atom. The maximum atomic E-state index is 5.86. The van der Waals surface area contributed by atoms with Gasteiger partial charge in [-0.3, -0.25) is 0 Å². The predicted molar refractivity (Wildman–Crippen MR) is 89.6 cm³/mol.